The van der Waals surface area contributed by atoms with Crippen molar-refractivity contribution in [2.75, 3.05) is 26.2 Å². The van der Waals surface area contributed by atoms with Crippen LogP contribution in [0.5, 0.6) is 0 Å². The number of piperazine rings is 1. The maximum atomic E-state index is 11.3. The van der Waals surface area contributed by atoms with Gasteiger partial charge in [0, 0.05) is 38.6 Å². The third-order valence-corrected chi connectivity index (χ3v) is 3.31. The SMILES string of the molecule is O=C(O)C(CCc1cccnc1)N1CCNCC1. The van der Waals surface area contributed by atoms with Gasteiger partial charge in [0.15, 0.2) is 0 Å². The van der Waals surface area contributed by atoms with E-state index in [1.54, 1.807) is 12.4 Å². The summed E-state index contributed by atoms with van der Waals surface area (Å²) in [5, 5.41) is 12.6. The maximum absolute atomic E-state index is 11.3. The molecule has 98 valence electrons. The number of nitrogens with one attached hydrogen (secondary N) is 1. The predicted octanol–water partition coefficient (Wildman–Crippen LogP) is 0.373. The Bertz CT molecular complexity index is 377. The van der Waals surface area contributed by atoms with Crippen LogP contribution in [-0.2, 0) is 11.2 Å². The van der Waals surface area contributed by atoms with Gasteiger partial charge in [-0.1, -0.05) is 6.07 Å². The van der Waals surface area contributed by atoms with Crippen LogP contribution in [0.4, 0.5) is 0 Å². The molecule has 0 amide bonds. The number of carboxylic acids is 1. The molecule has 1 atom stereocenters. The highest BCUT2D eigenvalue weighted by atomic mass is 16.4. The van der Waals surface area contributed by atoms with Gasteiger partial charge in [0.1, 0.15) is 6.04 Å². The van der Waals surface area contributed by atoms with E-state index in [2.05, 4.69) is 15.2 Å². The lowest BCUT2D eigenvalue weighted by atomic mass is 10.0. The van der Waals surface area contributed by atoms with Crippen molar-refractivity contribution < 1.29 is 9.90 Å². The number of aromatic nitrogens is 1. The second-order valence-electron chi connectivity index (χ2n) is 4.54. The molecule has 1 aliphatic heterocycles. The Hall–Kier alpha value is -1.46. The van der Waals surface area contributed by atoms with E-state index >= 15 is 0 Å². The Kier molecular flexibility index (Phi) is 4.66. The highest BCUT2D eigenvalue weighted by Gasteiger charge is 2.26. The third-order valence-electron chi connectivity index (χ3n) is 3.31. The molecule has 5 nitrogen and oxygen atoms in total. The minimum atomic E-state index is -0.721. The summed E-state index contributed by atoms with van der Waals surface area (Å²) in [4.78, 5) is 17.4. The number of carbonyl (C=O) groups is 1. The number of aryl methyl sites for hydroxylation is 1. The molecule has 1 unspecified atom stereocenters. The minimum Gasteiger partial charge on any atom is -0.480 e. The highest BCUT2D eigenvalue weighted by molar-refractivity contribution is 5.73. The highest BCUT2D eigenvalue weighted by Crippen LogP contribution is 2.10. The van der Waals surface area contributed by atoms with Crippen LogP contribution in [0, 0.1) is 0 Å². The minimum absolute atomic E-state index is 0.382. The van der Waals surface area contributed by atoms with E-state index in [4.69, 9.17) is 0 Å². The van der Waals surface area contributed by atoms with Crippen LogP contribution < -0.4 is 5.32 Å². The van der Waals surface area contributed by atoms with Crippen LogP contribution in [0.15, 0.2) is 24.5 Å². The number of carboxylic acid groups (broad SMARTS) is 1. The summed E-state index contributed by atoms with van der Waals surface area (Å²) in [6, 6.07) is 3.49. The summed E-state index contributed by atoms with van der Waals surface area (Å²) in [5.41, 5.74) is 1.10. The molecule has 2 N–H and O–H groups in total. The summed E-state index contributed by atoms with van der Waals surface area (Å²) in [6.07, 6.45) is 4.93. The molecular weight excluding hydrogens is 230 g/mol. The molecule has 0 radical (unpaired) electrons. The normalized spacial score (nSPS) is 18.4. The molecule has 0 aromatic carbocycles. The molecule has 0 spiro atoms. The second kappa shape index (κ2) is 6.47. The van der Waals surface area contributed by atoms with Crippen molar-refractivity contribution in [3.05, 3.63) is 30.1 Å². The number of hydrogen-bond acceptors (Lipinski definition) is 4. The van der Waals surface area contributed by atoms with E-state index < -0.39 is 5.97 Å². The Morgan fingerprint density at radius 2 is 2.28 bits per heavy atom. The Balaban J connectivity index is 1.92. The van der Waals surface area contributed by atoms with Crippen LogP contribution in [0.1, 0.15) is 12.0 Å². The quantitative estimate of drug-likeness (QED) is 0.789. The van der Waals surface area contributed by atoms with Gasteiger partial charge in [-0.3, -0.25) is 14.7 Å². The Morgan fingerprint density at radius 3 is 2.89 bits per heavy atom. The second-order valence-corrected chi connectivity index (χ2v) is 4.54. The molecule has 5 heteroatoms. The van der Waals surface area contributed by atoms with Gasteiger partial charge in [0.05, 0.1) is 0 Å². The maximum Gasteiger partial charge on any atom is 0.320 e. The number of hydrogen-bond donors (Lipinski definition) is 2. The van der Waals surface area contributed by atoms with Gasteiger partial charge in [-0.15, -0.1) is 0 Å². The fourth-order valence-electron chi connectivity index (χ4n) is 2.31. The van der Waals surface area contributed by atoms with Crippen molar-refractivity contribution in [1.82, 2.24) is 15.2 Å². The molecule has 1 aliphatic rings. The van der Waals surface area contributed by atoms with Gasteiger partial charge in [-0.2, -0.15) is 0 Å². The van der Waals surface area contributed by atoms with E-state index in [0.717, 1.165) is 38.2 Å². The lowest BCUT2D eigenvalue weighted by Crippen LogP contribution is -2.51. The summed E-state index contributed by atoms with van der Waals surface area (Å²) >= 11 is 0. The van der Waals surface area contributed by atoms with Crippen LogP contribution in [0.2, 0.25) is 0 Å². The average molecular weight is 249 g/mol. The standard InChI is InChI=1S/C13H19N3O2/c17-13(18)12(16-8-6-14-7-9-16)4-3-11-2-1-5-15-10-11/h1-2,5,10,12,14H,3-4,6-9H2,(H,17,18). The fraction of sp³-hybridized carbons (Fsp3) is 0.538. The number of pyridine rings is 1. The van der Waals surface area contributed by atoms with Gasteiger partial charge in [-0.25, -0.2) is 0 Å². The smallest absolute Gasteiger partial charge is 0.320 e. The van der Waals surface area contributed by atoms with Crippen molar-refractivity contribution in [2.24, 2.45) is 0 Å². The molecule has 0 bridgehead atoms. The predicted molar refractivity (Wildman–Crippen MR) is 68.4 cm³/mol. The van der Waals surface area contributed by atoms with Crippen molar-refractivity contribution in [3.8, 4) is 0 Å². The van der Waals surface area contributed by atoms with Crippen molar-refractivity contribution in [1.29, 1.82) is 0 Å². The largest absolute Gasteiger partial charge is 0.480 e. The van der Waals surface area contributed by atoms with E-state index in [9.17, 15) is 9.90 Å². The first kappa shape index (κ1) is 13.0. The van der Waals surface area contributed by atoms with Crippen molar-refractivity contribution >= 4 is 5.97 Å². The van der Waals surface area contributed by atoms with Gasteiger partial charge < -0.3 is 10.4 Å². The zero-order valence-electron chi connectivity index (χ0n) is 10.4. The van der Waals surface area contributed by atoms with Gasteiger partial charge >= 0.3 is 5.97 Å². The molecule has 1 aromatic rings. The Labute approximate surface area is 107 Å². The van der Waals surface area contributed by atoms with E-state index in [1.165, 1.54) is 0 Å². The number of aliphatic carboxylic acids is 1. The van der Waals surface area contributed by atoms with Crippen LogP contribution in [0.3, 0.4) is 0 Å². The molecular formula is C13H19N3O2. The molecule has 1 aromatic heterocycles. The van der Waals surface area contributed by atoms with E-state index in [1.807, 2.05) is 12.1 Å². The first-order chi connectivity index (χ1) is 8.77. The van der Waals surface area contributed by atoms with E-state index in [0.29, 0.717) is 6.42 Å². The molecule has 1 saturated heterocycles. The molecule has 0 aliphatic carbocycles. The average Bonchev–Trinajstić information content (AvgIpc) is 2.41. The summed E-state index contributed by atoms with van der Waals surface area (Å²) < 4.78 is 0. The molecule has 1 fully saturated rings. The fourth-order valence-corrected chi connectivity index (χ4v) is 2.31. The topological polar surface area (TPSA) is 65.5 Å². The molecule has 18 heavy (non-hydrogen) atoms. The summed E-state index contributed by atoms with van der Waals surface area (Å²) in [7, 11) is 0. The van der Waals surface area contributed by atoms with Crippen molar-refractivity contribution in [2.45, 2.75) is 18.9 Å². The zero-order valence-corrected chi connectivity index (χ0v) is 10.4. The number of rotatable bonds is 5. The molecule has 0 saturated carbocycles. The Morgan fingerprint density at radius 1 is 1.50 bits per heavy atom. The summed E-state index contributed by atoms with van der Waals surface area (Å²) in [5.74, 6) is -0.721. The summed E-state index contributed by atoms with van der Waals surface area (Å²) in [6.45, 7) is 3.36. The van der Waals surface area contributed by atoms with Crippen LogP contribution in [0.25, 0.3) is 0 Å². The molecule has 2 heterocycles. The van der Waals surface area contributed by atoms with E-state index in [-0.39, 0.29) is 6.04 Å². The van der Waals surface area contributed by atoms with Gasteiger partial charge in [-0.05, 0) is 24.5 Å². The van der Waals surface area contributed by atoms with Gasteiger partial charge in [0.25, 0.3) is 0 Å². The number of nitrogens with zero attached hydrogens (tertiary/aromatic N) is 2. The van der Waals surface area contributed by atoms with Crippen LogP contribution in [-0.4, -0.2) is 53.2 Å². The zero-order chi connectivity index (χ0) is 12.8. The third kappa shape index (κ3) is 3.51. The van der Waals surface area contributed by atoms with Crippen molar-refractivity contribution in [3.63, 3.8) is 0 Å². The molecule has 2 rings (SSSR count). The lowest BCUT2D eigenvalue weighted by Gasteiger charge is -2.32. The first-order valence-electron chi connectivity index (χ1n) is 6.34. The van der Waals surface area contributed by atoms with Crippen LogP contribution >= 0.6 is 0 Å². The monoisotopic (exact) mass is 249 g/mol. The van der Waals surface area contributed by atoms with Gasteiger partial charge in [0.2, 0.25) is 0 Å². The lowest BCUT2D eigenvalue weighted by molar-refractivity contribution is -0.143. The first-order valence-corrected chi connectivity index (χ1v) is 6.34.